The number of aromatic nitrogens is 2. The fourth-order valence-corrected chi connectivity index (χ4v) is 3.48. The van der Waals surface area contributed by atoms with E-state index in [0.29, 0.717) is 5.69 Å². The molecule has 3 aromatic rings. The molecule has 1 aromatic heterocycles. The Balaban J connectivity index is 1.55. The molecule has 4 rings (SSSR count). The van der Waals surface area contributed by atoms with Crippen molar-refractivity contribution >= 4 is 11.6 Å². The Morgan fingerprint density at radius 1 is 1.19 bits per heavy atom. The molecule has 0 spiro atoms. The molecule has 7 nitrogen and oxygen atoms in total. The average molecular weight is 441 g/mol. The number of alkyl halides is 2. The van der Waals surface area contributed by atoms with Gasteiger partial charge >= 0.3 is 0 Å². The van der Waals surface area contributed by atoms with Crippen LogP contribution in [0.25, 0.3) is 5.69 Å². The SMILES string of the molecule is O=C(Nc1ccc([C@H]2CCCO2)cc1)c1ccnn(-c2ccccc2OCC(F)F)c1=O. The Bertz CT molecular complexity index is 1140. The predicted octanol–water partition coefficient (Wildman–Crippen LogP) is 3.98. The van der Waals surface area contributed by atoms with Crippen molar-refractivity contribution in [2.45, 2.75) is 25.4 Å². The lowest BCUT2D eigenvalue weighted by molar-refractivity contribution is 0.0818. The zero-order chi connectivity index (χ0) is 22.5. The minimum absolute atomic E-state index is 0.0599. The monoisotopic (exact) mass is 441 g/mol. The number of carbonyl (C=O) groups excluding carboxylic acids is 1. The standard InChI is InChI=1S/C23H21F2N3O4/c24-21(25)14-32-20-5-2-1-4-18(20)28-23(30)17(11-12-26-28)22(29)27-16-9-7-15(8-10-16)19-6-3-13-31-19/h1-2,4-5,7-12,19,21H,3,6,13-14H2,(H,27,29)/t19-/m1/s1. The molecular weight excluding hydrogens is 420 g/mol. The molecule has 0 unspecified atom stereocenters. The minimum atomic E-state index is -2.67. The van der Waals surface area contributed by atoms with Crippen molar-refractivity contribution < 1.29 is 23.0 Å². The molecule has 32 heavy (non-hydrogen) atoms. The van der Waals surface area contributed by atoms with Crippen molar-refractivity contribution in [2.75, 3.05) is 18.5 Å². The fourth-order valence-electron chi connectivity index (χ4n) is 3.48. The number of hydrogen-bond donors (Lipinski definition) is 1. The van der Waals surface area contributed by atoms with Crippen molar-refractivity contribution in [3.63, 3.8) is 0 Å². The van der Waals surface area contributed by atoms with Crippen LogP contribution in [0.3, 0.4) is 0 Å². The van der Waals surface area contributed by atoms with Gasteiger partial charge in [0.2, 0.25) is 0 Å². The molecule has 1 N–H and O–H groups in total. The highest BCUT2D eigenvalue weighted by molar-refractivity contribution is 6.04. The normalized spacial score (nSPS) is 15.7. The van der Waals surface area contributed by atoms with Crippen molar-refractivity contribution in [1.82, 2.24) is 9.78 Å². The van der Waals surface area contributed by atoms with E-state index in [-0.39, 0.29) is 23.1 Å². The number of nitrogens with one attached hydrogen (secondary N) is 1. The molecule has 9 heteroatoms. The molecule has 0 saturated carbocycles. The number of halogens is 2. The maximum Gasteiger partial charge on any atom is 0.284 e. The summed E-state index contributed by atoms with van der Waals surface area (Å²) in [6.07, 6.45) is 0.676. The number of amides is 1. The van der Waals surface area contributed by atoms with Gasteiger partial charge in [-0.3, -0.25) is 9.59 Å². The highest BCUT2D eigenvalue weighted by Gasteiger charge is 2.19. The van der Waals surface area contributed by atoms with E-state index in [1.54, 1.807) is 24.3 Å². The summed E-state index contributed by atoms with van der Waals surface area (Å²) in [7, 11) is 0. The molecule has 2 aromatic carbocycles. The van der Waals surface area contributed by atoms with E-state index < -0.39 is 24.5 Å². The summed E-state index contributed by atoms with van der Waals surface area (Å²) in [5, 5.41) is 6.68. The number of para-hydroxylation sites is 2. The fraction of sp³-hybridized carbons (Fsp3) is 0.261. The van der Waals surface area contributed by atoms with E-state index >= 15 is 0 Å². The highest BCUT2D eigenvalue weighted by atomic mass is 19.3. The van der Waals surface area contributed by atoms with E-state index in [4.69, 9.17) is 9.47 Å². The lowest BCUT2D eigenvalue weighted by atomic mass is 10.1. The first-order valence-corrected chi connectivity index (χ1v) is 10.1. The number of rotatable bonds is 7. The first-order chi connectivity index (χ1) is 15.5. The third-order valence-corrected chi connectivity index (χ3v) is 5.02. The van der Waals surface area contributed by atoms with Crippen molar-refractivity contribution in [3.8, 4) is 11.4 Å². The molecule has 0 bridgehead atoms. The summed E-state index contributed by atoms with van der Waals surface area (Å²) in [4.78, 5) is 25.7. The Morgan fingerprint density at radius 2 is 1.97 bits per heavy atom. The summed E-state index contributed by atoms with van der Waals surface area (Å²) in [5.41, 5.74) is 0.877. The molecule has 0 aliphatic carbocycles. The summed E-state index contributed by atoms with van der Waals surface area (Å²) >= 11 is 0. The number of benzene rings is 2. The largest absolute Gasteiger partial charge is 0.485 e. The molecule has 1 aliphatic rings. The molecule has 1 saturated heterocycles. The van der Waals surface area contributed by atoms with Gasteiger partial charge in [0, 0.05) is 18.5 Å². The molecule has 1 fully saturated rings. The summed E-state index contributed by atoms with van der Waals surface area (Å²) in [6.45, 7) is -0.0817. The quantitative estimate of drug-likeness (QED) is 0.600. The van der Waals surface area contributed by atoms with Crippen molar-refractivity contribution in [3.05, 3.63) is 82.3 Å². The van der Waals surface area contributed by atoms with Crippen LogP contribution in [0.4, 0.5) is 14.5 Å². The first-order valence-electron chi connectivity index (χ1n) is 10.1. The van der Waals surface area contributed by atoms with E-state index in [2.05, 4.69) is 10.4 Å². The van der Waals surface area contributed by atoms with Crippen LogP contribution in [0.5, 0.6) is 5.75 Å². The number of hydrogen-bond acceptors (Lipinski definition) is 5. The van der Waals surface area contributed by atoms with E-state index in [0.717, 1.165) is 29.7 Å². The molecule has 1 amide bonds. The Labute approximate surface area is 182 Å². The van der Waals surface area contributed by atoms with E-state index in [1.807, 2.05) is 12.1 Å². The maximum atomic E-state index is 12.9. The summed E-state index contributed by atoms with van der Waals surface area (Å²) in [6, 6.07) is 14.7. The van der Waals surface area contributed by atoms with Gasteiger partial charge in [-0.25, -0.2) is 8.78 Å². The highest BCUT2D eigenvalue weighted by Crippen LogP contribution is 2.29. The second-order valence-electron chi connectivity index (χ2n) is 7.21. The number of ether oxygens (including phenoxy) is 2. The van der Waals surface area contributed by atoms with Crippen LogP contribution in [0.1, 0.15) is 34.9 Å². The number of carbonyl (C=O) groups is 1. The van der Waals surface area contributed by atoms with Crippen LogP contribution in [-0.2, 0) is 4.74 Å². The second-order valence-corrected chi connectivity index (χ2v) is 7.21. The molecule has 1 atom stereocenters. The first kappa shape index (κ1) is 21.6. The van der Waals surface area contributed by atoms with Gasteiger partial charge < -0.3 is 14.8 Å². The summed E-state index contributed by atoms with van der Waals surface area (Å²) < 4.78 is 36.8. The molecular formula is C23H21F2N3O4. The smallest absolute Gasteiger partial charge is 0.284 e. The van der Waals surface area contributed by atoms with Gasteiger partial charge in [0.1, 0.15) is 23.6 Å². The topological polar surface area (TPSA) is 82.4 Å². The average Bonchev–Trinajstić information content (AvgIpc) is 3.33. The van der Waals surface area contributed by atoms with Crippen LogP contribution in [0.15, 0.2) is 65.6 Å². The molecule has 1 aliphatic heterocycles. The van der Waals surface area contributed by atoms with Gasteiger partial charge in [-0.05, 0) is 48.7 Å². The van der Waals surface area contributed by atoms with Crippen molar-refractivity contribution in [1.29, 1.82) is 0 Å². The predicted molar refractivity (Wildman–Crippen MR) is 114 cm³/mol. The number of anilines is 1. The van der Waals surface area contributed by atoms with Crippen LogP contribution < -0.4 is 15.6 Å². The maximum absolute atomic E-state index is 12.9. The lowest BCUT2D eigenvalue weighted by Gasteiger charge is -2.13. The van der Waals surface area contributed by atoms with Gasteiger partial charge in [-0.15, -0.1) is 0 Å². The van der Waals surface area contributed by atoms with Crippen LogP contribution >= 0.6 is 0 Å². The molecule has 0 radical (unpaired) electrons. The van der Waals surface area contributed by atoms with Gasteiger partial charge in [0.25, 0.3) is 17.9 Å². The van der Waals surface area contributed by atoms with Crippen molar-refractivity contribution in [2.24, 2.45) is 0 Å². The van der Waals surface area contributed by atoms with Crippen LogP contribution in [0, 0.1) is 0 Å². The van der Waals surface area contributed by atoms with E-state index in [9.17, 15) is 18.4 Å². The third kappa shape index (κ3) is 4.83. The minimum Gasteiger partial charge on any atom is -0.485 e. The lowest BCUT2D eigenvalue weighted by Crippen LogP contribution is -2.30. The molecule has 166 valence electrons. The van der Waals surface area contributed by atoms with Gasteiger partial charge in [0.15, 0.2) is 0 Å². The zero-order valence-corrected chi connectivity index (χ0v) is 17.0. The summed E-state index contributed by atoms with van der Waals surface area (Å²) in [5.74, 6) is -0.549. The van der Waals surface area contributed by atoms with E-state index in [1.165, 1.54) is 24.4 Å². The van der Waals surface area contributed by atoms with Gasteiger partial charge in [-0.2, -0.15) is 9.78 Å². The zero-order valence-electron chi connectivity index (χ0n) is 17.0. The third-order valence-electron chi connectivity index (χ3n) is 5.02. The molecule has 2 heterocycles. The number of nitrogens with zero attached hydrogens (tertiary/aromatic N) is 2. The second kappa shape index (κ2) is 9.69. The van der Waals surface area contributed by atoms with Gasteiger partial charge in [-0.1, -0.05) is 24.3 Å². The van der Waals surface area contributed by atoms with Crippen LogP contribution in [-0.4, -0.2) is 35.3 Å². The van der Waals surface area contributed by atoms with Crippen LogP contribution in [0.2, 0.25) is 0 Å². The Kier molecular flexibility index (Phi) is 6.55. The Hall–Kier alpha value is -3.59. The Morgan fingerprint density at radius 3 is 2.69 bits per heavy atom. The van der Waals surface area contributed by atoms with Gasteiger partial charge in [0.05, 0.1) is 6.10 Å².